The summed E-state index contributed by atoms with van der Waals surface area (Å²) in [5, 5.41) is 0. The van der Waals surface area contributed by atoms with Gasteiger partial charge >= 0.3 is 17.9 Å². The van der Waals surface area contributed by atoms with Crippen molar-refractivity contribution in [1.82, 2.24) is 0 Å². The molecule has 1 unspecified atom stereocenters. The molecule has 0 spiro atoms. The highest BCUT2D eigenvalue weighted by Crippen LogP contribution is 2.15. The molecule has 0 rings (SSSR count). The maximum absolute atomic E-state index is 12.8. The molecule has 0 aliphatic carbocycles. The standard InChI is InChI=1S/C55H96O6/c1-4-7-10-13-16-19-22-24-26-28-30-31-33-36-39-42-45-48-54(57)60-51-52(50-59-53(56)47-44-41-38-35-21-18-15-12-9-6-3)61-55(58)49-46-43-40-37-34-32-29-27-25-23-20-17-14-11-8-5-2/h7,10,12,15-16,19,24,26,30-31,52H,4-6,8-9,11,13-14,17-18,20-23,25,27-29,32-51H2,1-3H3/b10-7-,15-12-,19-16-,26-24-,31-30-. The fourth-order valence-electron chi connectivity index (χ4n) is 7.14. The molecule has 0 heterocycles. The van der Waals surface area contributed by atoms with Crippen LogP contribution in [0.15, 0.2) is 60.8 Å². The van der Waals surface area contributed by atoms with E-state index in [0.717, 1.165) is 109 Å². The van der Waals surface area contributed by atoms with Crippen molar-refractivity contribution in [3.8, 4) is 0 Å². The van der Waals surface area contributed by atoms with Crippen LogP contribution in [0.1, 0.15) is 252 Å². The monoisotopic (exact) mass is 853 g/mol. The number of carbonyl (C=O) groups excluding carboxylic acids is 3. The first-order valence-electron chi connectivity index (χ1n) is 25.8. The van der Waals surface area contributed by atoms with Crippen LogP contribution in [0.25, 0.3) is 0 Å². The maximum Gasteiger partial charge on any atom is 0.306 e. The molecular weight excluding hydrogens is 757 g/mol. The summed E-state index contributed by atoms with van der Waals surface area (Å²) in [6.07, 6.45) is 60.6. The third kappa shape index (κ3) is 48.0. The van der Waals surface area contributed by atoms with Crippen molar-refractivity contribution in [2.75, 3.05) is 13.2 Å². The Morgan fingerprint density at radius 1 is 0.344 bits per heavy atom. The Balaban J connectivity index is 4.37. The molecule has 0 aromatic heterocycles. The van der Waals surface area contributed by atoms with Crippen molar-refractivity contribution in [3.63, 3.8) is 0 Å². The van der Waals surface area contributed by atoms with Crippen molar-refractivity contribution in [2.45, 2.75) is 258 Å². The zero-order valence-electron chi connectivity index (χ0n) is 40.2. The van der Waals surface area contributed by atoms with Gasteiger partial charge in [-0.05, 0) is 77.0 Å². The van der Waals surface area contributed by atoms with E-state index in [2.05, 4.69) is 81.5 Å². The average molecular weight is 853 g/mol. The predicted octanol–water partition coefficient (Wildman–Crippen LogP) is 16.9. The van der Waals surface area contributed by atoms with Crippen LogP contribution < -0.4 is 0 Å². The Bertz CT molecular complexity index is 1120. The minimum atomic E-state index is -0.784. The Hall–Kier alpha value is -2.89. The summed E-state index contributed by atoms with van der Waals surface area (Å²) in [6, 6.07) is 0. The number of rotatable bonds is 46. The van der Waals surface area contributed by atoms with E-state index in [1.54, 1.807) is 0 Å². The molecule has 0 bridgehead atoms. The van der Waals surface area contributed by atoms with Crippen LogP contribution in [0.3, 0.4) is 0 Å². The molecule has 1 atom stereocenters. The number of ether oxygens (including phenoxy) is 3. The van der Waals surface area contributed by atoms with Crippen LogP contribution in [-0.4, -0.2) is 37.2 Å². The first-order valence-corrected chi connectivity index (χ1v) is 25.8. The molecule has 0 aliphatic heterocycles. The summed E-state index contributed by atoms with van der Waals surface area (Å²) in [4.78, 5) is 37.9. The zero-order valence-corrected chi connectivity index (χ0v) is 40.2. The molecule has 0 radical (unpaired) electrons. The van der Waals surface area contributed by atoms with Gasteiger partial charge in [-0.1, -0.05) is 216 Å². The molecular formula is C55H96O6. The van der Waals surface area contributed by atoms with Gasteiger partial charge in [0.05, 0.1) is 0 Å². The molecule has 0 N–H and O–H groups in total. The fourth-order valence-corrected chi connectivity index (χ4v) is 7.14. The van der Waals surface area contributed by atoms with Crippen LogP contribution in [-0.2, 0) is 28.6 Å². The second kappa shape index (κ2) is 49.8. The van der Waals surface area contributed by atoms with Gasteiger partial charge in [-0.2, -0.15) is 0 Å². The second-order valence-electron chi connectivity index (χ2n) is 17.1. The molecule has 0 amide bonds. The number of hydrogen-bond acceptors (Lipinski definition) is 6. The SMILES string of the molecule is CC/C=C\C/C=C\C/C=C\C/C=C\CCCCCCC(=O)OCC(COC(=O)CCCCCCC/C=C\CCC)OC(=O)CCCCCCCCCCCCCCCCCC. The highest BCUT2D eigenvalue weighted by molar-refractivity contribution is 5.71. The van der Waals surface area contributed by atoms with Crippen molar-refractivity contribution >= 4 is 17.9 Å². The molecule has 0 saturated heterocycles. The van der Waals surface area contributed by atoms with Gasteiger partial charge in [-0.3, -0.25) is 14.4 Å². The summed E-state index contributed by atoms with van der Waals surface area (Å²) >= 11 is 0. The van der Waals surface area contributed by atoms with Gasteiger partial charge in [0.25, 0.3) is 0 Å². The van der Waals surface area contributed by atoms with E-state index in [4.69, 9.17) is 14.2 Å². The van der Waals surface area contributed by atoms with Crippen molar-refractivity contribution in [2.24, 2.45) is 0 Å². The summed E-state index contributed by atoms with van der Waals surface area (Å²) in [5.74, 6) is -0.914. The number of esters is 3. The molecule has 352 valence electrons. The smallest absolute Gasteiger partial charge is 0.306 e. The lowest BCUT2D eigenvalue weighted by Gasteiger charge is -2.18. The van der Waals surface area contributed by atoms with Gasteiger partial charge in [-0.25, -0.2) is 0 Å². The van der Waals surface area contributed by atoms with Gasteiger partial charge in [-0.15, -0.1) is 0 Å². The first-order chi connectivity index (χ1) is 30.0. The molecule has 0 aromatic rings. The Morgan fingerprint density at radius 3 is 1.08 bits per heavy atom. The highest BCUT2D eigenvalue weighted by Gasteiger charge is 2.19. The largest absolute Gasteiger partial charge is 0.462 e. The van der Waals surface area contributed by atoms with Gasteiger partial charge in [0.1, 0.15) is 13.2 Å². The van der Waals surface area contributed by atoms with Gasteiger partial charge in [0, 0.05) is 19.3 Å². The number of carbonyl (C=O) groups is 3. The van der Waals surface area contributed by atoms with Gasteiger partial charge < -0.3 is 14.2 Å². The van der Waals surface area contributed by atoms with Crippen LogP contribution in [0, 0.1) is 0 Å². The van der Waals surface area contributed by atoms with E-state index in [1.807, 2.05) is 0 Å². The third-order valence-corrected chi connectivity index (χ3v) is 11.0. The van der Waals surface area contributed by atoms with Crippen LogP contribution >= 0.6 is 0 Å². The minimum Gasteiger partial charge on any atom is -0.462 e. The average Bonchev–Trinajstić information content (AvgIpc) is 3.26. The number of unbranched alkanes of at least 4 members (excludes halogenated alkanes) is 25. The molecule has 61 heavy (non-hydrogen) atoms. The lowest BCUT2D eigenvalue weighted by molar-refractivity contribution is -0.167. The Kier molecular flexibility index (Phi) is 47.4. The lowest BCUT2D eigenvalue weighted by Crippen LogP contribution is -2.30. The van der Waals surface area contributed by atoms with Gasteiger partial charge in [0.2, 0.25) is 0 Å². The quantitative estimate of drug-likeness (QED) is 0.0263. The number of allylic oxidation sites excluding steroid dienone is 10. The highest BCUT2D eigenvalue weighted by atomic mass is 16.6. The minimum absolute atomic E-state index is 0.0851. The predicted molar refractivity (Wildman–Crippen MR) is 261 cm³/mol. The van der Waals surface area contributed by atoms with Gasteiger partial charge in [0.15, 0.2) is 6.10 Å². The van der Waals surface area contributed by atoms with Crippen LogP contribution in [0.4, 0.5) is 0 Å². The molecule has 6 heteroatoms. The van der Waals surface area contributed by atoms with Crippen molar-refractivity contribution in [3.05, 3.63) is 60.8 Å². The Morgan fingerprint density at radius 2 is 0.672 bits per heavy atom. The van der Waals surface area contributed by atoms with E-state index in [0.29, 0.717) is 19.3 Å². The molecule has 6 nitrogen and oxygen atoms in total. The first kappa shape index (κ1) is 58.1. The van der Waals surface area contributed by atoms with E-state index in [-0.39, 0.29) is 31.1 Å². The van der Waals surface area contributed by atoms with Crippen LogP contribution in [0.2, 0.25) is 0 Å². The van der Waals surface area contributed by atoms with Crippen molar-refractivity contribution in [1.29, 1.82) is 0 Å². The molecule has 0 aliphatic rings. The summed E-state index contributed by atoms with van der Waals surface area (Å²) in [7, 11) is 0. The topological polar surface area (TPSA) is 78.9 Å². The van der Waals surface area contributed by atoms with E-state index in [9.17, 15) is 14.4 Å². The van der Waals surface area contributed by atoms with Crippen molar-refractivity contribution < 1.29 is 28.6 Å². The second-order valence-corrected chi connectivity index (χ2v) is 17.1. The fraction of sp³-hybridized carbons (Fsp3) is 0.764. The zero-order chi connectivity index (χ0) is 44.4. The van der Waals surface area contributed by atoms with E-state index in [1.165, 1.54) is 103 Å². The lowest BCUT2D eigenvalue weighted by atomic mass is 10.0. The summed E-state index contributed by atoms with van der Waals surface area (Å²) < 4.78 is 16.8. The van der Waals surface area contributed by atoms with E-state index < -0.39 is 6.10 Å². The normalized spacial score (nSPS) is 12.5. The Labute approximate surface area is 377 Å². The number of hydrogen-bond donors (Lipinski definition) is 0. The molecule has 0 aromatic carbocycles. The third-order valence-electron chi connectivity index (χ3n) is 11.0. The molecule has 0 fully saturated rings. The van der Waals surface area contributed by atoms with Crippen LogP contribution in [0.5, 0.6) is 0 Å². The molecule has 0 saturated carbocycles. The summed E-state index contributed by atoms with van der Waals surface area (Å²) in [5.41, 5.74) is 0. The summed E-state index contributed by atoms with van der Waals surface area (Å²) in [6.45, 7) is 6.45. The van der Waals surface area contributed by atoms with E-state index >= 15 is 0 Å². The maximum atomic E-state index is 12.8.